The molecule has 1 amide bonds. The minimum atomic E-state index is -0.362. The van der Waals surface area contributed by atoms with Gasteiger partial charge in [0.25, 0.3) is 5.91 Å². The Bertz CT molecular complexity index is 511. The van der Waals surface area contributed by atoms with E-state index >= 15 is 0 Å². The van der Waals surface area contributed by atoms with Crippen molar-refractivity contribution in [2.45, 2.75) is 0 Å². The molecule has 2 aromatic rings. The van der Waals surface area contributed by atoms with E-state index < -0.39 is 0 Å². The number of amides is 1. The van der Waals surface area contributed by atoms with E-state index in [2.05, 4.69) is 15.6 Å². The smallest absolute Gasteiger partial charge is 0.285 e. The number of carbonyl (C=O) groups excluding carboxylic acids is 1. The van der Waals surface area contributed by atoms with Gasteiger partial charge in [-0.1, -0.05) is 30.4 Å². The third-order valence-corrected chi connectivity index (χ3v) is 2.87. The first-order valence-electron chi connectivity index (χ1n) is 4.82. The van der Waals surface area contributed by atoms with Gasteiger partial charge in [0.1, 0.15) is 0 Å². The molecular formula is C11H9N3OS2. The molecule has 0 aliphatic rings. The molecular weight excluding hydrogens is 254 g/mol. The Kier molecular flexibility index (Phi) is 3.79. The number of thiocarbonyl (C=S) groups is 1. The summed E-state index contributed by atoms with van der Waals surface area (Å²) in [5, 5.41) is 7.77. The van der Waals surface area contributed by atoms with Crippen molar-refractivity contribution in [1.82, 2.24) is 4.98 Å². The lowest BCUT2D eigenvalue weighted by molar-refractivity contribution is -0.110. The SMILES string of the molecule is O=C(Nc1nccs1)C(=S)Nc1ccccc1. The van der Waals surface area contributed by atoms with Crippen LogP contribution in [-0.2, 0) is 4.79 Å². The molecule has 0 saturated carbocycles. The zero-order chi connectivity index (χ0) is 12.1. The van der Waals surface area contributed by atoms with Crippen molar-refractivity contribution in [3.63, 3.8) is 0 Å². The maximum atomic E-state index is 11.7. The number of anilines is 2. The van der Waals surface area contributed by atoms with Gasteiger partial charge in [-0.15, -0.1) is 11.3 Å². The van der Waals surface area contributed by atoms with Crippen molar-refractivity contribution >= 4 is 45.3 Å². The summed E-state index contributed by atoms with van der Waals surface area (Å²) < 4.78 is 0. The lowest BCUT2D eigenvalue weighted by atomic mass is 10.3. The summed E-state index contributed by atoms with van der Waals surface area (Å²) in [4.78, 5) is 15.7. The molecule has 0 bridgehead atoms. The number of hydrogen-bond acceptors (Lipinski definition) is 4. The topological polar surface area (TPSA) is 54.0 Å². The number of hydrogen-bond donors (Lipinski definition) is 2. The highest BCUT2D eigenvalue weighted by atomic mass is 32.1. The fourth-order valence-corrected chi connectivity index (χ4v) is 1.84. The Morgan fingerprint density at radius 1 is 1.24 bits per heavy atom. The standard InChI is InChI=1S/C11H9N3OS2/c15-9(14-11-12-6-7-17-11)10(16)13-8-4-2-1-3-5-8/h1-7H,(H,13,16)(H,12,14,15). The maximum absolute atomic E-state index is 11.7. The summed E-state index contributed by atoms with van der Waals surface area (Å²) in [6.45, 7) is 0. The van der Waals surface area contributed by atoms with Crippen molar-refractivity contribution < 1.29 is 4.79 Å². The molecule has 6 heteroatoms. The van der Waals surface area contributed by atoms with Gasteiger partial charge < -0.3 is 5.32 Å². The summed E-state index contributed by atoms with van der Waals surface area (Å²) in [6, 6.07) is 9.29. The molecule has 1 aromatic carbocycles. The Balaban J connectivity index is 1.94. The predicted molar refractivity (Wildman–Crippen MR) is 73.4 cm³/mol. The van der Waals surface area contributed by atoms with Crippen LogP contribution < -0.4 is 10.6 Å². The van der Waals surface area contributed by atoms with Crippen LogP contribution >= 0.6 is 23.6 Å². The van der Waals surface area contributed by atoms with Crippen LogP contribution in [0.2, 0.25) is 0 Å². The highest BCUT2D eigenvalue weighted by Crippen LogP contribution is 2.11. The van der Waals surface area contributed by atoms with Crippen LogP contribution in [0, 0.1) is 0 Å². The van der Waals surface area contributed by atoms with E-state index in [1.165, 1.54) is 11.3 Å². The van der Waals surface area contributed by atoms with Crippen LogP contribution in [0.15, 0.2) is 41.9 Å². The second-order valence-electron chi connectivity index (χ2n) is 3.11. The predicted octanol–water partition coefficient (Wildman–Crippen LogP) is 2.52. The minimum absolute atomic E-state index is 0.117. The lowest BCUT2D eigenvalue weighted by Gasteiger charge is -2.06. The number of nitrogens with zero attached hydrogens (tertiary/aromatic N) is 1. The third-order valence-electron chi connectivity index (χ3n) is 1.89. The molecule has 0 saturated heterocycles. The van der Waals surface area contributed by atoms with Crippen molar-refractivity contribution in [3.8, 4) is 0 Å². The lowest BCUT2D eigenvalue weighted by Crippen LogP contribution is -2.27. The Morgan fingerprint density at radius 3 is 2.65 bits per heavy atom. The van der Waals surface area contributed by atoms with Gasteiger partial charge in [-0.05, 0) is 12.1 Å². The summed E-state index contributed by atoms with van der Waals surface area (Å²) in [6.07, 6.45) is 1.62. The molecule has 2 rings (SSSR count). The molecule has 86 valence electrons. The molecule has 0 unspecified atom stereocenters. The Labute approximate surface area is 108 Å². The fraction of sp³-hybridized carbons (Fsp3) is 0. The molecule has 0 fully saturated rings. The molecule has 1 aromatic heterocycles. The largest absolute Gasteiger partial charge is 0.342 e. The molecule has 1 heterocycles. The van der Waals surface area contributed by atoms with Crippen LogP contribution in [0.3, 0.4) is 0 Å². The summed E-state index contributed by atoms with van der Waals surface area (Å²) in [5.74, 6) is -0.362. The monoisotopic (exact) mass is 263 g/mol. The van der Waals surface area contributed by atoms with E-state index in [1.54, 1.807) is 11.6 Å². The van der Waals surface area contributed by atoms with Crippen LogP contribution in [0.4, 0.5) is 10.8 Å². The summed E-state index contributed by atoms with van der Waals surface area (Å²) in [7, 11) is 0. The van der Waals surface area contributed by atoms with Crippen LogP contribution in [0.5, 0.6) is 0 Å². The quantitative estimate of drug-likeness (QED) is 0.817. The number of thiazole rings is 1. The molecule has 0 aliphatic heterocycles. The minimum Gasteiger partial charge on any atom is -0.342 e. The van der Waals surface area contributed by atoms with Gasteiger partial charge in [-0.2, -0.15) is 0 Å². The maximum Gasteiger partial charge on any atom is 0.285 e. The molecule has 4 nitrogen and oxygen atoms in total. The molecule has 0 radical (unpaired) electrons. The van der Waals surface area contributed by atoms with E-state index in [0.29, 0.717) is 5.13 Å². The van der Waals surface area contributed by atoms with E-state index in [9.17, 15) is 4.79 Å². The Morgan fingerprint density at radius 2 is 2.00 bits per heavy atom. The van der Waals surface area contributed by atoms with E-state index in [-0.39, 0.29) is 10.9 Å². The van der Waals surface area contributed by atoms with E-state index in [1.807, 2.05) is 30.3 Å². The molecule has 0 spiro atoms. The number of nitrogens with one attached hydrogen (secondary N) is 2. The van der Waals surface area contributed by atoms with Crippen molar-refractivity contribution in [1.29, 1.82) is 0 Å². The zero-order valence-electron chi connectivity index (χ0n) is 8.71. The summed E-state index contributed by atoms with van der Waals surface area (Å²) in [5.41, 5.74) is 0.784. The summed E-state index contributed by atoms with van der Waals surface area (Å²) >= 11 is 6.33. The van der Waals surface area contributed by atoms with Crippen LogP contribution in [0.1, 0.15) is 0 Å². The van der Waals surface area contributed by atoms with Gasteiger partial charge >= 0.3 is 0 Å². The van der Waals surface area contributed by atoms with Gasteiger partial charge in [0, 0.05) is 17.3 Å². The van der Waals surface area contributed by atoms with E-state index in [0.717, 1.165) is 5.69 Å². The van der Waals surface area contributed by atoms with Gasteiger partial charge in [0.2, 0.25) is 0 Å². The first kappa shape index (κ1) is 11.7. The number of benzene rings is 1. The van der Waals surface area contributed by atoms with Crippen molar-refractivity contribution in [3.05, 3.63) is 41.9 Å². The molecule has 2 N–H and O–H groups in total. The van der Waals surface area contributed by atoms with E-state index in [4.69, 9.17) is 12.2 Å². The average Bonchev–Trinajstić information content (AvgIpc) is 2.83. The highest BCUT2D eigenvalue weighted by molar-refractivity contribution is 7.82. The fourth-order valence-electron chi connectivity index (χ4n) is 1.15. The third kappa shape index (κ3) is 3.33. The Hall–Kier alpha value is -1.79. The molecule has 0 aliphatic carbocycles. The first-order chi connectivity index (χ1) is 8.25. The molecule has 0 atom stereocenters. The average molecular weight is 263 g/mol. The number of rotatable bonds is 2. The van der Waals surface area contributed by atoms with Gasteiger partial charge in [0.15, 0.2) is 10.1 Å². The van der Waals surface area contributed by atoms with Gasteiger partial charge in [0.05, 0.1) is 0 Å². The molecule has 17 heavy (non-hydrogen) atoms. The van der Waals surface area contributed by atoms with Crippen LogP contribution in [0.25, 0.3) is 0 Å². The van der Waals surface area contributed by atoms with Crippen molar-refractivity contribution in [2.24, 2.45) is 0 Å². The van der Waals surface area contributed by atoms with Gasteiger partial charge in [-0.25, -0.2) is 4.98 Å². The second kappa shape index (κ2) is 5.51. The van der Waals surface area contributed by atoms with Crippen LogP contribution in [-0.4, -0.2) is 15.9 Å². The number of aromatic nitrogens is 1. The highest BCUT2D eigenvalue weighted by Gasteiger charge is 2.10. The van der Waals surface area contributed by atoms with Crippen molar-refractivity contribution in [2.75, 3.05) is 10.6 Å². The normalized spacial score (nSPS) is 9.65. The second-order valence-corrected chi connectivity index (χ2v) is 4.41. The first-order valence-corrected chi connectivity index (χ1v) is 6.11. The number of para-hydroxylation sites is 1. The van der Waals surface area contributed by atoms with Gasteiger partial charge in [-0.3, -0.25) is 10.1 Å². The zero-order valence-corrected chi connectivity index (χ0v) is 10.3. The number of carbonyl (C=O) groups is 1.